The second-order valence-corrected chi connectivity index (χ2v) is 7.06. The molecule has 0 spiro atoms. The molecule has 0 unspecified atom stereocenters. The van der Waals surface area contributed by atoms with Crippen LogP contribution in [0.2, 0.25) is 0 Å². The van der Waals surface area contributed by atoms with Crippen molar-refractivity contribution in [3.63, 3.8) is 0 Å². The van der Waals surface area contributed by atoms with Gasteiger partial charge >= 0.3 is 0 Å². The van der Waals surface area contributed by atoms with Crippen LogP contribution in [0.25, 0.3) is 11.1 Å². The molecule has 0 fully saturated rings. The quantitative estimate of drug-likeness (QED) is 0.521. The normalized spacial score (nSPS) is 13.7. The third kappa shape index (κ3) is 3.48. The van der Waals surface area contributed by atoms with Crippen LogP contribution in [0.5, 0.6) is 11.5 Å². The first-order valence-electron chi connectivity index (χ1n) is 9.88. The molecule has 0 saturated carbocycles. The van der Waals surface area contributed by atoms with Crippen LogP contribution in [-0.4, -0.2) is 31.4 Å². The van der Waals surface area contributed by atoms with Crippen molar-refractivity contribution in [2.24, 2.45) is 5.16 Å². The van der Waals surface area contributed by atoms with E-state index in [0.29, 0.717) is 30.4 Å². The van der Waals surface area contributed by atoms with Gasteiger partial charge in [0.1, 0.15) is 5.71 Å². The van der Waals surface area contributed by atoms with E-state index >= 15 is 0 Å². The Morgan fingerprint density at radius 2 is 1.50 bits per heavy atom. The van der Waals surface area contributed by atoms with Crippen LogP contribution in [0.3, 0.4) is 0 Å². The van der Waals surface area contributed by atoms with Crippen molar-refractivity contribution in [3.05, 3.63) is 77.9 Å². The molecule has 1 aliphatic carbocycles. The second kappa shape index (κ2) is 7.91. The van der Waals surface area contributed by atoms with Crippen molar-refractivity contribution < 1.29 is 19.1 Å². The van der Waals surface area contributed by atoms with Gasteiger partial charge in [-0.25, -0.2) is 0 Å². The van der Waals surface area contributed by atoms with Crippen molar-refractivity contribution in [3.8, 4) is 22.6 Å². The molecular weight excluding hydrogens is 380 g/mol. The summed E-state index contributed by atoms with van der Waals surface area (Å²) in [5, 5.41) is 7.09. The van der Waals surface area contributed by atoms with Crippen molar-refractivity contribution in [2.45, 2.75) is 6.42 Å². The summed E-state index contributed by atoms with van der Waals surface area (Å²) in [5.41, 5.74) is 5.60. The van der Waals surface area contributed by atoms with Crippen LogP contribution in [-0.2, 0) is 9.63 Å². The van der Waals surface area contributed by atoms with Gasteiger partial charge in [0.15, 0.2) is 18.1 Å². The van der Waals surface area contributed by atoms with E-state index < -0.39 is 0 Å². The van der Waals surface area contributed by atoms with Gasteiger partial charge in [-0.05, 0) is 23.3 Å². The van der Waals surface area contributed by atoms with Gasteiger partial charge in [0.05, 0.1) is 13.2 Å². The second-order valence-electron chi connectivity index (χ2n) is 7.06. The molecule has 0 aromatic heterocycles. The molecule has 6 heteroatoms. The Hall–Kier alpha value is -3.80. The third-order valence-corrected chi connectivity index (χ3v) is 5.04. The zero-order valence-corrected chi connectivity index (χ0v) is 16.3. The summed E-state index contributed by atoms with van der Waals surface area (Å²) in [5.74, 6) is 1.02. The van der Waals surface area contributed by atoms with Crippen molar-refractivity contribution >= 4 is 17.3 Å². The summed E-state index contributed by atoms with van der Waals surface area (Å²) >= 11 is 0. The van der Waals surface area contributed by atoms with Crippen LogP contribution in [0.1, 0.15) is 17.5 Å². The van der Waals surface area contributed by atoms with E-state index in [1.165, 1.54) is 0 Å². The molecule has 0 bridgehead atoms. The molecule has 1 aliphatic heterocycles. The van der Waals surface area contributed by atoms with Crippen LogP contribution in [0, 0.1) is 0 Å². The van der Waals surface area contributed by atoms with Crippen LogP contribution < -0.4 is 14.8 Å². The van der Waals surface area contributed by atoms with Gasteiger partial charge in [-0.15, -0.1) is 0 Å². The Morgan fingerprint density at radius 1 is 0.867 bits per heavy atom. The highest BCUT2D eigenvalue weighted by Gasteiger charge is 2.24. The number of nitrogens with one attached hydrogen (secondary N) is 1. The molecule has 0 atom stereocenters. The van der Waals surface area contributed by atoms with E-state index in [0.717, 1.165) is 34.4 Å². The summed E-state index contributed by atoms with van der Waals surface area (Å²) < 4.78 is 11.3. The molecule has 1 amide bonds. The maximum atomic E-state index is 12.3. The lowest BCUT2D eigenvalue weighted by atomic mass is 10.1. The van der Waals surface area contributed by atoms with E-state index in [2.05, 4.69) is 22.6 Å². The number of anilines is 1. The summed E-state index contributed by atoms with van der Waals surface area (Å²) in [4.78, 5) is 17.8. The first kappa shape index (κ1) is 18.2. The first-order chi connectivity index (χ1) is 14.8. The number of amides is 1. The number of oxime groups is 1. The van der Waals surface area contributed by atoms with Gasteiger partial charge in [0.2, 0.25) is 0 Å². The minimum atomic E-state index is -0.298. The van der Waals surface area contributed by atoms with E-state index in [1.54, 1.807) is 18.2 Å². The average Bonchev–Trinajstić information content (AvgIpc) is 2.91. The number of carbonyl (C=O) groups is 1. The molecule has 150 valence electrons. The van der Waals surface area contributed by atoms with Gasteiger partial charge in [-0.3, -0.25) is 4.79 Å². The Morgan fingerprint density at radius 3 is 2.20 bits per heavy atom. The molecule has 3 aromatic carbocycles. The zero-order valence-electron chi connectivity index (χ0n) is 16.3. The molecule has 6 nitrogen and oxygen atoms in total. The number of ether oxygens (including phenoxy) is 2. The lowest BCUT2D eigenvalue weighted by Gasteiger charge is -2.10. The molecule has 3 aromatic rings. The number of benzene rings is 3. The van der Waals surface area contributed by atoms with Crippen molar-refractivity contribution in [1.82, 2.24) is 0 Å². The molecule has 5 rings (SSSR count). The fraction of sp³-hybridized carbons (Fsp3) is 0.167. The minimum Gasteiger partial charge on any atom is -0.490 e. The molecule has 30 heavy (non-hydrogen) atoms. The first-order valence-corrected chi connectivity index (χ1v) is 9.88. The van der Waals surface area contributed by atoms with Crippen LogP contribution in [0.4, 0.5) is 5.69 Å². The molecule has 0 radical (unpaired) electrons. The molecule has 0 saturated heterocycles. The van der Waals surface area contributed by atoms with Crippen molar-refractivity contribution in [1.29, 1.82) is 0 Å². The van der Waals surface area contributed by atoms with Crippen molar-refractivity contribution in [2.75, 3.05) is 25.1 Å². The molecular formula is C24H20N2O4. The summed E-state index contributed by atoms with van der Waals surface area (Å²) in [6.07, 6.45) is 0.830. The Labute approximate surface area is 174 Å². The Bertz CT molecular complexity index is 1090. The van der Waals surface area contributed by atoms with E-state index in [9.17, 15) is 4.79 Å². The maximum Gasteiger partial charge on any atom is 0.265 e. The highest BCUT2D eigenvalue weighted by molar-refractivity contribution is 6.24. The minimum absolute atomic E-state index is 0.192. The largest absolute Gasteiger partial charge is 0.490 e. The number of hydrogen-bond acceptors (Lipinski definition) is 5. The average molecular weight is 400 g/mol. The summed E-state index contributed by atoms with van der Waals surface area (Å²) in [6, 6.07) is 21.4. The highest BCUT2D eigenvalue weighted by Crippen LogP contribution is 2.36. The van der Waals surface area contributed by atoms with Crippen LogP contribution in [0.15, 0.2) is 71.9 Å². The zero-order chi connectivity index (χ0) is 20.3. The maximum absolute atomic E-state index is 12.3. The summed E-state index contributed by atoms with van der Waals surface area (Å²) in [6.45, 7) is 1.02. The van der Waals surface area contributed by atoms with E-state index in [-0.39, 0.29) is 12.5 Å². The number of hydrogen-bond donors (Lipinski definition) is 1. The van der Waals surface area contributed by atoms with Gasteiger partial charge in [-0.1, -0.05) is 53.7 Å². The highest BCUT2D eigenvalue weighted by atomic mass is 16.6. The number of fused-ring (bicyclic) bond motifs is 4. The van der Waals surface area contributed by atoms with Gasteiger partial charge < -0.3 is 19.6 Å². The SMILES string of the molecule is O=C(CON=C1c2ccccc2-c2ccccc21)Nc1ccc2c(c1)OCCCO2. The number of carbonyl (C=O) groups excluding carboxylic acids is 1. The lowest BCUT2D eigenvalue weighted by molar-refractivity contribution is -0.120. The number of nitrogens with zero attached hydrogens (tertiary/aromatic N) is 1. The van der Waals surface area contributed by atoms with E-state index in [4.69, 9.17) is 14.3 Å². The lowest BCUT2D eigenvalue weighted by Crippen LogP contribution is -2.17. The monoisotopic (exact) mass is 400 g/mol. The Balaban J connectivity index is 1.27. The van der Waals surface area contributed by atoms with Crippen LogP contribution >= 0.6 is 0 Å². The predicted molar refractivity (Wildman–Crippen MR) is 114 cm³/mol. The molecule has 1 N–H and O–H groups in total. The predicted octanol–water partition coefficient (Wildman–Crippen LogP) is 4.24. The molecule has 1 heterocycles. The standard InChI is InChI=1S/C24H20N2O4/c27-23(25-16-10-11-21-22(14-16)29-13-5-12-28-21)15-30-26-24-19-8-3-1-6-17(19)18-7-2-4-9-20(18)24/h1-4,6-11,14H,5,12-13,15H2,(H,25,27). The fourth-order valence-corrected chi connectivity index (χ4v) is 3.69. The van der Waals surface area contributed by atoms with Gasteiger partial charge in [-0.2, -0.15) is 0 Å². The third-order valence-electron chi connectivity index (χ3n) is 5.04. The number of rotatable bonds is 4. The molecule has 2 aliphatic rings. The Kier molecular flexibility index (Phi) is 4.81. The van der Waals surface area contributed by atoms with Gasteiger partial charge in [0, 0.05) is 29.3 Å². The fourth-order valence-electron chi connectivity index (χ4n) is 3.69. The topological polar surface area (TPSA) is 69.2 Å². The summed E-state index contributed by atoms with van der Waals surface area (Å²) in [7, 11) is 0. The van der Waals surface area contributed by atoms with E-state index in [1.807, 2.05) is 36.4 Å². The van der Waals surface area contributed by atoms with Gasteiger partial charge in [0.25, 0.3) is 5.91 Å². The smallest absolute Gasteiger partial charge is 0.265 e.